The summed E-state index contributed by atoms with van der Waals surface area (Å²) in [6, 6.07) is 11.1. The highest BCUT2D eigenvalue weighted by molar-refractivity contribution is 8.00. The van der Waals surface area contributed by atoms with Crippen LogP contribution in [0, 0.1) is 50.4 Å². The van der Waals surface area contributed by atoms with Gasteiger partial charge in [0.05, 0.1) is 22.6 Å². The van der Waals surface area contributed by atoms with Gasteiger partial charge in [-0.1, -0.05) is 61.6 Å². The molecular weight excluding hydrogens is 512 g/mol. The number of nitrogens with zero attached hydrogens (tertiary/aromatic N) is 4. The molecule has 0 saturated heterocycles. The van der Waals surface area contributed by atoms with Gasteiger partial charge in [0, 0.05) is 22.5 Å². The molecule has 3 rings (SSSR count). The van der Waals surface area contributed by atoms with Gasteiger partial charge in [-0.25, -0.2) is 9.97 Å². The van der Waals surface area contributed by atoms with Crippen LogP contribution in [0.2, 0.25) is 0 Å². The van der Waals surface area contributed by atoms with Gasteiger partial charge in [0.1, 0.15) is 22.2 Å². The van der Waals surface area contributed by atoms with Crippen LogP contribution >= 0.6 is 23.5 Å². The van der Waals surface area contributed by atoms with E-state index in [4.69, 9.17) is 0 Å². The Morgan fingerprint density at radius 1 is 0.711 bits per heavy atom. The molecule has 0 aliphatic rings. The van der Waals surface area contributed by atoms with Gasteiger partial charge in [-0.3, -0.25) is 9.59 Å². The third kappa shape index (κ3) is 6.15. The van der Waals surface area contributed by atoms with Gasteiger partial charge in [-0.2, -0.15) is 10.5 Å². The van der Waals surface area contributed by atoms with Gasteiger partial charge in [0.25, 0.3) is 0 Å². The first-order chi connectivity index (χ1) is 18.2. The van der Waals surface area contributed by atoms with Gasteiger partial charge >= 0.3 is 0 Å². The van der Waals surface area contributed by atoms with E-state index in [1.807, 2.05) is 41.5 Å². The third-order valence-corrected chi connectivity index (χ3v) is 8.59. The molecule has 0 fully saturated rings. The zero-order valence-electron chi connectivity index (χ0n) is 22.6. The van der Waals surface area contributed by atoms with Crippen molar-refractivity contribution in [1.82, 2.24) is 9.97 Å². The number of aromatic nitrogens is 2. The van der Waals surface area contributed by atoms with Gasteiger partial charge in [0.15, 0.2) is 11.6 Å². The highest BCUT2D eigenvalue weighted by Gasteiger charge is 2.18. The van der Waals surface area contributed by atoms with Crippen LogP contribution in [0.5, 0.6) is 0 Å². The molecular formula is C30H30N4O2S2. The molecule has 3 aromatic rings. The number of pyridine rings is 2. The van der Waals surface area contributed by atoms with E-state index < -0.39 is 0 Å². The number of hydrogen-bond acceptors (Lipinski definition) is 8. The van der Waals surface area contributed by atoms with Crippen LogP contribution in [0.15, 0.2) is 34.3 Å². The normalized spacial score (nSPS) is 10.6. The van der Waals surface area contributed by atoms with Crippen LogP contribution in [0.25, 0.3) is 0 Å². The topological polar surface area (TPSA) is 108 Å². The number of nitriles is 2. The van der Waals surface area contributed by atoms with E-state index in [0.717, 1.165) is 46.5 Å². The first-order valence-corrected chi connectivity index (χ1v) is 14.4. The second kappa shape index (κ2) is 12.9. The second-order valence-electron chi connectivity index (χ2n) is 8.89. The van der Waals surface area contributed by atoms with Crippen LogP contribution in [0.3, 0.4) is 0 Å². The Bertz CT molecular complexity index is 1370. The van der Waals surface area contributed by atoms with Gasteiger partial charge in [-0.15, -0.1) is 0 Å². The van der Waals surface area contributed by atoms with Crippen LogP contribution in [-0.2, 0) is 12.8 Å². The first kappa shape index (κ1) is 29.1. The van der Waals surface area contributed by atoms with Crippen LogP contribution in [0.1, 0.15) is 79.3 Å². The van der Waals surface area contributed by atoms with Crippen molar-refractivity contribution in [1.29, 1.82) is 10.5 Å². The fraction of sp³-hybridized carbons (Fsp3) is 0.333. The summed E-state index contributed by atoms with van der Waals surface area (Å²) in [7, 11) is 0. The van der Waals surface area contributed by atoms with E-state index in [1.165, 1.54) is 23.5 Å². The molecule has 0 spiro atoms. The fourth-order valence-electron chi connectivity index (χ4n) is 4.51. The lowest BCUT2D eigenvalue weighted by Gasteiger charge is -2.13. The van der Waals surface area contributed by atoms with Crippen molar-refractivity contribution < 1.29 is 9.59 Å². The number of ketones is 2. The number of carbonyl (C=O) groups is 2. The molecule has 194 valence electrons. The lowest BCUT2D eigenvalue weighted by Crippen LogP contribution is -2.08. The Hall–Kier alpha value is -3.46. The van der Waals surface area contributed by atoms with Crippen molar-refractivity contribution in [3.63, 3.8) is 0 Å². The maximum absolute atomic E-state index is 12.8. The summed E-state index contributed by atoms with van der Waals surface area (Å²) in [5, 5.41) is 20.4. The van der Waals surface area contributed by atoms with E-state index in [1.54, 1.807) is 24.3 Å². The van der Waals surface area contributed by atoms with Gasteiger partial charge in [-0.05, 0) is 62.8 Å². The van der Waals surface area contributed by atoms with Crippen molar-refractivity contribution in [2.45, 2.75) is 64.4 Å². The van der Waals surface area contributed by atoms with E-state index in [9.17, 15) is 20.1 Å². The smallest absolute Gasteiger partial charge is 0.173 e. The zero-order chi connectivity index (χ0) is 28.0. The monoisotopic (exact) mass is 542 g/mol. The molecule has 0 atom stereocenters. The maximum atomic E-state index is 12.8. The van der Waals surface area contributed by atoms with Gasteiger partial charge < -0.3 is 0 Å². The van der Waals surface area contributed by atoms with Crippen molar-refractivity contribution in [2.24, 2.45) is 0 Å². The predicted octanol–water partition coefficient (Wildman–Crippen LogP) is 6.53. The molecule has 2 aromatic heterocycles. The summed E-state index contributed by atoms with van der Waals surface area (Å²) < 4.78 is 0. The van der Waals surface area contributed by atoms with E-state index in [2.05, 4.69) is 22.1 Å². The average Bonchev–Trinajstić information content (AvgIpc) is 2.90. The first-order valence-electron chi connectivity index (χ1n) is 12.4. The predicted molar refractivity (Wildman–Crippen MR) is 152 cm³/mol. The summed E-state index contributed by atoms with van der Waals surface area (Å²) >= 11 is 2.52. The minimum Gasteiger partial charge on any atom is -0.293 e. The lowest BCUT2D eigenvalue weighted by atomic mass is 10.0. The van der Waals surface area contributed by atoms with E-state index >= 15 is 0 Å². The molecule has 0 radical (unpaired) electrons. The molecule has 2 heterocycles. The molecule has 0 aliphatic carbocycles. The summed E-state index contributed by atoms with van der Waals surface area (Å²) in [6.07, 6.45) is 1.60. The highest BCUT2D eigenvalue weighted by Crippen LogP contribution is 2.29. The summed E-state index contributed by atoms with van der Waals surface area (Å²) in [4.78, 5) is 34.8. The Morgan fingerprint density at radius 3 is 1.34 bits per heavy atom. The molecule has 0 saturated carbocycles. The molecule has 0 amide bonds. The van der Waals surface area contributed by atoms with Crippen LogP contribution in [0.4, 0.5) is 0 Å². The maximum Gasteiger partial charge on any atom is 0.173 e. The number of aryl methyl sites for hydroxylation is 2. The largest absolute Gasteiger partial charge is 0.293 e. The fourth-order valence-corrected chi connectivity index (χ4v) is 6.47. The van der Waals surface area contributed by atoms with E-state index in [-0.39, 0.29) is 23.1 Å². The Morgan fingerprint density at radius 2 is 1.05 bits per heavy atom. The van der Waals surface area contributed by atoms with Crippen molar-refractivity contribution >= 4 is 35.1 Å². The van der Waals surface area contributed by atoms with Crippen molar-refractivity contribution in [3.05, 3.63) is 80.2 Å². The minimum absolute atomic E-state index is 0.103. The molecule has 1 aromatic carbocycles. The molecule has 0 aliphatic heterocycles. The Balaban J connectivity index is 1.67. The van der Waals surface area contributed by atoms with Crippen molar-refractivity contribution in [2.75, 3.05) is 11.5 Å². The lowest BCUT2D eigenvalue weighted by molar-refractivity contribution is 0.101. The number of Topliss-reactive ketones (excluding diaryl/α,β-unsaturated/α-hetero) is 2. The summed E-state index contributed by atoms with van der Waals surface area (Å²) in [5.41, 5.74) is 7.76. The third-order valence-electron chi connectivity index (χ3n) is 6.63. The minimum atomic E-state index is -0.103. The Kier molecular flexibility index (Phi) is 9.85. The molecule has 0 N–H and O–H groups in total. The molecule has 8 heteroatoms. The number of carbonyl (C=O) groups excluding carboxylic acids is 2. The second-order valence-corrected chi connectivity index (χ2v) is 10.8. The number of rotatable bonds is 10. The van der Waals surface area contributed by atoms with Crippen molar-refractivity contribution in [3.8, 4) is 12.1 Å². The number of benzene rings is 1. The van der Waals surface area contributed by atoms with Gasteiger partial charge in [0.2, 0.25) is 0 Å². The SMILES string of the molecule is CCc1c(C)nc(SCC(=O)c2ccc(C(=O)CSc3nc(C)c(CC)c(C)c3C#N)cc2)c(C#N)c1C. The number of thioether (sulfide) groups is 2. The van der Waals surface area contributed by atoms with Crippen LogP contribution in [-0.4, -0.2) is 33.0 Å². The quantitative estimate of drug-likeness (QED) is 0.210. The molecule has 6 nitrogen and oxygen atoms in total. The molecule has 38 heavy (non-hydrogen) atoms. The van der Waals surface area contributed by atoms with Crippen LogP contribution < -0.4 is 0 Å². The standard InChI is InChI=1S/C30H30N4O2S2/c1-7-23-17(3)25(13-31)29(33-19(23)5)37-15-27(35)21-9-11-22(12-10-21)28(36)16-38-30-26(14-32)18(4)24(8-2)20(6)34-30/h9-12H,7-8,15-16H2,1-6H3. The summed E-state index contributed by atoms with van der Waals surface area (Å²) in [5.74, 6) is 0.0802. The molecule has 0 bridgehead atoms. The molecule has 0 unspecified atom stereocenters. The average molecular weight is 543 g/mol. The number of hydrogen-bond donors (Lipinski definition) is 0. The van der Waals surface area contributed by atoms with E-state index in [0.29, 0.717) is 32.3 Å². The summed E-state index contributed by atoms with van der Waals surface area (Å²) in [6.45, 7) is 11.8. The zero-order valence-corrected chi connectivity index (χ0v) is 24.2. The Labute approximate surface area is 232 Å². The highest BCUT2D eigenvalue weighted by atomic mass is 32.2.